The zero-order chi connectivity index (χ0) is 15.2. The average Bonchev–Trinajstić information content (AvgIpc) is 2.77. The van der Waals surface area contributed by atoms with Crippen molar-refractivity contribution in [2.75, 3.05) is 0 Å². The quantitative estimate of drug-likeness (QED) is 0.504. The van der Waals surface area contributed by atoms with Gasteiger partial charge in [0.05, 0.1) is 0 Å². The second-order valence-corrected chi connectivity index (χ2v) is 5.09. The summed E-state index contributed by atoms with van der Waals surface area (Å²) in [6, 6.07) is 0. The molecule has 0 saturated carbocycles. The summed E-state index contributed by atoms with van der Waals surface area (Å²) in [5, 5.41) is 10.5. The van der Waals surface area contributed by atoms with Crippen LogP contribution in [0.1, 0.15) is 77.6 Å². The Balaban J connectivity index is 0.000000428. The molecule has 1 aliphatic heterocycles. The van der Waals surface area contributed by atoms with E-state index in [4.69, 9.17) is 5.11 Å². The van der Waals surface area contributed by atoms with Crippen molar-refractivity contribution in [2.45, 2.75) is 77.6 Å². The topological polar surface area (TPSA) is 83.5 Å². The number of nitrogens with one attached hydrogen (secondary N) is 1. The average molecular weight is 285 g/mol. The molecule has 2 N–H and O–H groups in total. The molecule has 1 saturated heterocycles. The zero-order valence-electron chi connectivity index (χ0n) is 12.5. The van der Waals surface area contributed by atoms with E-state index in [-0.39, 0.29) is 11.8 Å². The van der Waals surface area contributed by atoms with Crippen LogP contribution < -0.4 is 5.32 Å². The van der Waals surface area contributed by atoms with Crippen LogP contribution in [-0.4, -0.2) is 22.9 Å². The summed E-state index contributed by atoms with van der Waals surface area (Å²) in [6.07, 6.45) is 10.8. The Kier molecular flexibility index (Phi) is 11.8. The van der Waals surface area contributed by atoms with Crippen LogP contribution in [0.25, 0.3) is 0 Å². The van der Waals surface area contributed by atoms with Gasteiger partial charge in [-0.3, -0.25) is 19.7 Å². The molecule has 0 unspecified atom stereocenters. The van der Waals surface area contributed by atoms with Crippen molar-refractivity contribution >= 4 is 17.8 Å². The molecule has 0 aromatic rings. The molecule has 0 radical (unpaired) electrons. The maximum absolute atomic E-state index is 10.2. The van der Waals surface area contributed by atoms with Crippen LogP contribution in [0.3, 0.4) is 0 Å². The van der Waals surface area contributed by atoms with Gasteiger partial charge in [-0.05, 0) is 6.42 Å². The van der Waals surface area contributed by atoms with E-state index >= 15 is 0 Å². The van der Waals surface area contributed by atoms with Crippen LogP contribution in [0, 0.1) is 0 Å². The standard InChI is InChI=1S/C11H22O2.C4H5NO2/c1-2-3-4-5-6-7-8-9-10-11(12)13;6-3-1-2-4(7)5-3/h2-10H2,1H3,(H,12,13);1-2H2,(H,5,6,7). The van der Waals surface area contributed by atoms with E-state index in [1.807, 2.05) is 0 Å². The first-order valence-electron chi connectivity index (χ1n) is 7.60. The van der Waals surface area contributed by atoms with E-state index < -0.39 is 5.97 Å². The van der Waals surface area contributed by atoms with Crippen molar-refractivity contribution in [1.82, 2.24) is 5.32 Å². The van der Waals surface area contributed by atoms with E-state index in [2.05, 4.69) is 12.2 Å². The lowest BCUT2D eigenvalue weighted by Crippen LogP contribution is -2.18. The van der Waals surface area contributed by atoms with Crippen LogP contribution in [0.2, 0.25) is 0 Å². The Morgan fingerprint density at radius 3 is 1.75 bits per heavy atom. The minimum atomic E-state index is -0.661. The summed E-state index contributed by atoms with van der Waals surface area (Å²) in [6.45, 7) is 2.22. The van der Waals surface area contributed by atoms with Crippen LogP contribution in [0.5, 0.6) is 0 Å². The molecule has 0 aromatic heterocycles. The first-order valence-corrected chi connectivity index (χ1v) is 7.60. The zero-order valence-corrected chi connectivity index (χ0v) is 12.5. The minimum absolute atomic E-state index is 0.148. The third kappa shape index (κ3) is 13.1. The fourth-order valence-corrected chi connectivity index (χ4v) is 1.92. The van der Waals surface area contributed by atoms with Crippen molar-refractivity contribution in [3.8, 4) is 0 Å². The lowest BCUT2D eigenvalue weighted by atomic mass is 10.1. The first kappa shape index (κ1) is 18.6. The molecule has 1 aliphatic rings. The number of rotatable bonds is 9. The monoisotopic (exact) mass is 285 g/mol. The molecule has 116 valence electrons. The molecule has 0 aliphatic carbocycles. The number of carbonyl (C=O) groups excluding carboxylic acids is 2. The molecule has 2 amide bonds. The SMILES string of the molecule is CCCCCCCCCCC(=O)O.O=C1CCC(=O)N1. The van der Waals surface area contributed by atoms with E-state index in [1.165, 1.54) is 38.5 Å². The second kappa shape index (κ2) is 12.6. The maximum Gasteiger partial charge on any atom is 0.303 e. The summed E-state index contributed by atoms with van der Waals surface area (Å²) >= 11 is 0. The van der Waals surface area contributed by atoms with Crippen LogP contribution in [0.15, 0.2) is 0 Å². The number of carboxylic acid groups (broad SMARTS) is 1. The van der Waals surface area contributed by atoms with Crippen LogP contribution in [-0.2, 0) is 14.4 Å². The molecule has 0 spiro atoms. The Morgan fingerprint density at radius 1 is 0.950 bits per heavy atom. The number of hydrogen-bond acceptors (Lipinski definition) is 3. The van der Waals surface area contributed by atoms with Crippen LogP contribution >= 0.6 is 0 Å². The molecule has 20 heavy (non-hydrogen) atoms. The first-order chi connectivity index (χ1) is 9.56. The Hall–Kier alpha value is -1.39. The predicted molar refractivity (Wildman–Crippen MR) is 77.2 cm³/mol. The molecule has 5 nitrogen and oxygen atoms in total. The molecule has 1 heterocycles. The summed E-state index contributed by atoms with van der Waals surface area (Å²) in [5.74, 6) is -0.957. The van der Waals surface area contributed by atoms with Gasteiger partial charge in [0.15, 0.2) is 0 Å². The Morgan fingerprint density at radius 2 is 1.40 bits per heavy atom. The highest BCUT2D eigenvalue weighted by molar-refractivity contribution is 6.01. The number of carbonyl (C=O) groups is 3. The number of unbranched alkanes of at least 4 members (excludes halogenated alkanes) is 7. The molecular weight excluding hydrogens is 258 g/mol. The molecule has 1 rings (SSSR count). The van der Waals surface area contributed by atoms with Crippen molar-refractivity contribution in [3.63, 3.8) is 0 Å². The van der Waals surface area contributed by atoms with Gasteiger partial charge in [0, 0.05) is 19.3 Å². The molecule has 5 heteroatoms. The van der Waals surface area contributed by atoms with E-state index in [0.717, 1.165) is 12.8 Å². The van der Waals surface area contributed by atoms with Gasteiger partial charge >= 0.3 is 5.97 Å². The fourth-order valence-electron chi connectivity index (χ4n) is 1.92. The van der Waals surface area contributed by atoms with E-state index in [0.29, 0.717) is 19.3 Å². The molecular formula is C15H27NO4. The lowest BCUT2D eigenvalue weighted by Gasteiger charge is -1.99. The van der Waals surface area contributed by atoms with Crippen molar-refractivity contribution in [2.24, 2.45) is 0 Å². The fraction of sp³-hybridized carbons (Fsp3) is 0.800. The number of aliphatic carboxylic acids is 1. The van der Waals surface area contributed by atoms with Crippen LogP contribution in [0.4, 0.5) is 0 Å². The predicted octanol–water partition coefficient (Wildman–Crippen LogP) is 3.02. The van der Waals surface area contributed by atoms with Gasteiger partial charge in [-0.1, -0.05) is 51.9 Å². The highest BCUT2D eigenvalue weighted by atomic mass is 16.4. The highest BCUT2D eigenvalue weighted by Gasteiger charge is 2.15. The molecule has 0 bridgehead atoms. The van der Waals surface area contributed by atoms with Gasteiger partial charge in [-0.2, -0.15) is 0 Å². The van der Waals surface area contributed by atoms with Gasteiger partial charge < -0.3 is 5.11 Å². The third-order valence-corrected chi connectivity index (χ3v) is 3.10. The number of hydrogen-bond donors (Lipinski definition) is 2. The number of carboxylic acids is 1. The largest absolute Gasteiger partial charge is 0.481 e. The lowest BCUT2D eigenvalue weighted by molar-refractivity contribution is -0.137. The van der Waals surface area contributed by atoms with Gasteiger partial charge in [-0.25, -0.2) is 0 Å². The summed E-state index contributed by atoms with van der Waals surface area (Å²) in [5.41, 5.74) is 0. The smallest absolute Gasteiger partial charge is 0.303 e. The summed E-state index contributed by atoms with van der Waals surface area (Å²) < 4.78 is 0. The maximum atomic E-state index is 10.2. The normalized spacial score (nSPS) is 13.7. The van der Waals surface area contributed by atoms with E-state index in [9.17, 15) is 14.4 Å². The van der Waals surface area contributed by atoms with E-state index in [1.54, 1.807) is 0 Å². The second-order valence-electron chi connectivity index (χ2n) is 5.09. The van der Waals surface area contributed by atoms with Crippen molar-refractivity contribution < 1.29 is 19.5 Å². The molecule has 1 fully saturated rings. The van der Waals surface area contributed by atoms with Crippen molar-refractivity contribution in [3.05, 3.63) is 0 Å². The number of imide groups is 1. The molecule has 0 atom stereocenters. The van der Waals surface area contributed by atoms with Gasteiger partial charge in [0.25, 0.3) is 0 Å². The van der Waals surface area contributed by atoms with Gasteiger partial charge in [-0.15, -0.1) is 0 Å². The third-order valence-electron chi connectivity index (χ3n) is 3.10. The minimum Gasteiger partial charge on any atom is -0.481 e. The van der Waals surface area contributed by atoms with Gasteiger partial charge in [0.2, 0.25) is 11.8 Å². The highest BCUT2D eigenvalue weighted by Crippen LogP contribution is 2.09. The summed E-state index contributed by atoms with van der Waals surface area (Å²) in [7, 11) is 0. The van der Waals surface area contributed by atoms with Crippen molar-refractivity contribution in [1.29, 1.82) is 0 Å². The Labute approximate surface area is 121 Å². The Bertz CT molecular complexity index is 288. The molecule has 0 aromatic carbocycles. The summed E-state index contributed by atoms with van der Waals surface area (Å²) in [4.78, 5) is 30.4. The number of amides is 2. The van der Waals surface area contributed by atoms with Gasteiger partial charge in [0.1, 0.15) is 0 Å².